The molecule has 2 aromatic rings. The van der Waals surface area contributed by atoms with Gasteiger partial charge in [-0.2, -0.15) is 16.8 Å². The van der Waals surface area contributed by atoms with Gasteiger partial charge in [0, 0.05) is 23.9 Å². The highest BCUT2D eigenvalue weighted by molar-refractivity contribution is 7.86. The Balaban J connectivity index is 2.05. The lowest BCUT2D eigenvalue weighted by molar-refractivity contribution is 0.0596. The Hall–Kier alpha value is -3.20. The molecule has 0 atom stereocenters. The summed E-state index contributed by atoms with van der Waals surface area (Å²) in [4.78, 5) is 55.1. The molecule has 36 heavy (non-hydrogen) atoms. The average molecular weight is 539 g/mol. The third-order valence-corrected chi connectivity index (χ3v) is 8.25. The third-order valence-electron chi connectivity index (χ3n) is 6.86. The second-order valence-electron chi connectivity index (χ2n) is 8.85. The molecule has 0 bridgehead atoms. The fourth-order valence-corrected chi connectivity index (χ4v) is 5.69. The van der Waals surface area contributed by atoms with Crippen molar-refractivity contribution in [2.75, 3.05) is 24.6 Å². The SMILES string of the molecule is Cc1c(C)c2c3c(c(C)c(C)c4c3c1C(=O)N(CCS(=O)(=O)O)C4=O)C(=O)N(CCS(=O)(=O)O)C2=O. The highest BCUT2D eigenvalue weighted by atomic mass is 32.2. The largest absolute Gasteiger partial charge is 0.285 e. The van der Waals surface area contributed by atoms with E-state index in [9.17, 15) is 36.0 Å². The van der Waals surface area contributed by atoms with Gasteiger partial charge in [0.25, 0.3) is 43.9 Å². The van der Waals surface area contributed by atoms with Gasteiger partial charge in [0.2, 0.25) is 0 Å². The summed E-state index contributed by atoms with van der Waals surface area (Å²) >= 11 is 0. The molecule has 12 nitrogen and oxygen atoms in total. The van der Waals surface area contributed by atoms with E-state index in [2.05, 4.69) is 0 Å². The minimum Gasteiger partial charge on any atom is -0.285 e. The van der Waals surface area contributed by atoms with Crippen LogP contribution in [0.3, 0.4) is 0 Å². The van der Waals surface area contributed by atoms with E-state index >= 15 is 0 Å². The Bertz CT molecular complexity index is 1450. The minimum absolute atomic E-state index is 0.0347. The third kappa shape index (κ3) is 3.80. The summed E-state index contributed by atoms with van der Waals surface area (Å²) in [5.41, 5.74) is 1.42. The summed E-state index contributed by atoms with van der Waals surface area (Å²) in [6, 6.07) is 0. The number of nitrogens with zero attached hydrogens (tertiary/aromatic N) is 2. The van der Waals surface area contributed by atoms with Crippen molar-refractivity contribution in [3.05, 3.63) is 44.5 Å². The topological polar surface area (TPSA) is 183 Å². The van der Waals surface area contributed by atoms with Gasteiger partial charge < -0.3 is 0 Å². The van der Waals surface area contributed by atoms with E-state index < -0.39 is 68.5 Å². The second kappa shape index (κ2) is 8.16. The summed E-state index contributed by atoms with van der Waals surface area (Å²) in [7, 11) is -8.97. The van der Waals surface area contributed by atoms with E-state index in [0.717, 1.165) is 9.80 Å². The van der Waals surface area contributed by atoms with Crippen LogP contribution < -0.4 is 0 Å². The molecular formula is C22H22N2O10S2. The van der Waals surface area contributed by atoms with E-state index in [-0.39, 0.29) is 33.0 Å². The summed E-state index contributed by atoms with van der Waals surface area (Å²) in [6.45, 7) is 4.97. The lowest BCUT2D eigenvalue weighted by Crippen LogP contribution is -2.47. The van der Waals surface area contributed by atoms with Gasteiger partial charge in [-0.3, -0.25) is 38.1 Å². The number of rotatable bonds is 6. The number of amides is 4. The number of imide groups is 2. The number of benzene rings is 2. The van der Waals surface area contributed by atoms with Gasteiger partial charge in [0.1, 0.15) is 0 Å². The molecule has 0 aromatic heterocycles. The van der Waals surface area contributed by atoms with Gasteiger partial charge in [-0.15, -0.1) is 0 Å². The maximum Gasteiger partial charge on any atom is 0.266 e. The first-order valence-corrected chi connectivity index (χ1v) is 13.9. The predicted molar refractivity (Wildman–Crippen MR) is 126 cm³/mol. The molecular weight excluding hydrogens is 516 g/mol. The summed E-state index contributed by atoms with van der Waals surface area (Å²) in [6.07, 6.45) is 0. The molecule has 2 aliphatic heterocycles. The summed E-state index contributed by atoms with van der Waals surface area (Å²) in [5.74, 6) is -5.04. The quantitative estimate of drug-likeness (QED) is 0.398. The van der Waals surface area contributed by atoms with Crippen molar-refractivity contribution in [1.82, 2.24) is 9.80 Å². The molecule has 0 aliphatic carbocycles. The van der Waals surface area contributed by atoms with Gasteiger partial charge >= 0.3 is 0 Å². The van der Waals surface area contributed by atoms with Crippen molar-refractivity contribution in [3.63, 3.8) is 0 Å². The number of hydrogen-bond donors (Lipinski definition) is 2. The monoisotopic (exact) mass is 538 g/mol. The molecule has 2 aliphatic rings. The normalized spacial score (nSPS) is 15.9. The molecule has 2 heterocycles. The molecule has 0 saturated carbocycles. The van der Waals surface area contributed by atoms with Crippen molar-refractivity contribution in [3.8, 4) is 0 Å². The van der Waals surface area contributed by atoms with Gasteiger partial charge in [0.05, 0.1) is 33.8 Å². The van der Waals surface area contributed by atoms with Crippen LogP contribution in [0, 0.1) is 27.7 Å². The Morgan fingerprint density at radius 3 is 0.944 bits per heavy atom. The molecule has 4 rings (SSSR count). The highest BCUT2D eigenvalue weighted by Gasteiger charge is 2.44. The Morgan fingerprint density at radius 1 is 0.528 bits per heavy atom. The molecule has 0 spiro atoms. The molecule has 2 aromatic carbocycles. The predicted octanol–water partition coefficient (Wildman–Crippen LogP) is 1.04. The first-order valence-electron chi connectivity index (χ1n) is 10.7. The van der Waals surface area contributed by atoms with Crippen LogP contribution in [0.5, 0.6) is 0 Å². The van der Waals surface area contributed by atoms with Crippen molar-refractivity contribution >= 4 is 54.6 Å². The maximum atomic E-state index is 13.4. The zero-order chi connectivity index (χ0) is 27.1. The van der Waals surface area contributed by atoms with Crippen LogP contribution in [0.15, 0.2) is 0 Å². The van der Waals surface area contributed by atoms with Crippen LogP contribution in [0.25, 0.3) is 10.8 Å². The maximum absolute atomic E-state index is 13.4. The molecule has 0 radical (unpaired) electrons. The summed E-state index contributed by atoms with van der Waals surface area (Å²) in [5, 5.41) is 0.195. The molecule has 192 valence electrons. The van der Waals surface area contributed by atoms with E-state index in [1.165, 1.54) is 0 Å². The van der Waals surface area contributed by atoms with Crippen LogP contribution >= 0.6 is 0 Å². The van der Waals surface area contributed by atoms with Gasteiger partial charge in [-0.25, -0.2) is 0 Å². The Labute approximate surface area is 206 Å². The van der Waals surface area contributed by atoms with Crippen LogP contribution in [0.2, 0.25) is 0 Å². The van der Waals surface area contributed by atoms with Crippen LogP contribution in [0.4, 0.5) is 0 Å². The van der Waals surface area contributed by atoms with Crippen molar-refractivity contribution in [2.24, 2.45) is 0 Å². The fourth-order valence-electron chi connectivity index (χ4n) is 4.86. The Morgan fingerprint density at radius 2 is 0.750 bits per heavy atom. The Kier molecular flexibility index (Phi) is 5.87. The van der Waals surface area contributed by atoms with Gasteiger partial charge in [-0.05, 0) is 49.9 Å². The average Bonchev–Trinajstić information content (AvgIpc) is 2.73. The standard InChI is InChI=1S/C22H22N2O10S2/c1-9-10(2)14-18-16(22(28)24(20(14)26)6-8-36(32,33)34)12(4)11(3)15-17(18)13(9)19(25)23(21(15)27)5-7-35(29,30)31/h5-8H2,1-4H3,(H,29,30,31)(H,32,33,34). The van der Waals surface area contributed by atoms with E-state index in [4.69, 9.17) is 9.11 Å². The second-order valence-corrected chi connectivity index (χ2v) is 12.0. The van der Waals surface area contributed by atoms with Crippen molar-refractivity contribution in [2.45, 2.75) is 27.7 Å². The van der Waals surface area contributed by atoms with Gasteiger partial charge in [-0.1, -0.05) is 0 Å². The highest BCUT2D eigenvalue weighted by Crippen LogP contribution is 2.44. The molecule has 2 N–H and O–H groups in total. The van der Waals surface area contributed by atoms with Crippen molar-refractivity contribution < 1.29 is 45.1 Å². The fraction of sp³-hybridized carbons (Fsp3) is 0.364. The first kappa shape index (κ1) is 25.9. The van der Waals surface area contributed by atoms with Gasteiger partial charge in [0.15, 0.2) is 0 Å². The summed E-state index contributed by atoms with van der Waals surface area (Å²) < 4.78 is 63.5. The lowest BCUT2D eigenvalue weighted by Gasteiger charge is -2.35. The van der Waals surface area contributed by atoms with E-state index in [1.54, 1.807) is 27.7 Å². The number of carbonyl (C=O) groups is 4. The zero-order valence-corrected chi connectivity index (χ0v) is 21.3. The zero-order valence-electron chi connectivity index (χ0n) is 19.7. The molecule has 0 unspecified atom stereocenters. The molecule has 14 heteroatoms. The number of carbonyl (C=O) groups excluding carboxylic acids is 4. The van der Waals surface area contributed by atoms with E-state index in [0.29, 0.717) is 22.3 Å². The lowest BCUT2D eigenvalue weighted by atomic mass is 9.77. The molecule has 0 saturated heterocycles. The molecule has 0 fully saturated rings. The minimum atomic E-state index is -4.48. The smallest absolute Gasteiger partial charge is 0.266 e. The van der Waals surface area contributed by atoms with Crippen LogP contribution in [0.1, 0.15) is 63.7 Å². The molecule has 4 amide bonds. The van der Waals surface area contributed by atoms with Crippen molar-refractivity contribution in [1.29, 1.82) is 0 Å². The van der Waals surface area contributed by atoms with Crippen LogP contribution in [-0.2, 0) is 20.2 Å². The first-order chi connectivity index (χ1) is 16.5. The number of hydrogen-bond acceptors (Lipinski definition) is 8. The van der Waals surface area contributed by atoms with E-state index in [1.807, 2.05) is 0 Å². The van der Waals surface area contributed by atoms with Crippen LogP contribution in [-0.4, -0.2) is 84.0 Å².